The summed E-state index contributed by atoms with van der Waals surface area (Å²) < 4.78 is 0. The van der Waals surface area contributed by atoms with E-state index in [1.54, 1.807) is 30.1 Å². The zero-order valence-electron chi connectivity index (χ0n) is 11.0. The third-order valence-corrected chi connectivity index (χ3v) is 3.80. The molecule has 1 aliphatic carbocycles. The molecule has 0 spiro atoms. The summed E-state index contributed by atoms with van der Waals surface area (Å²) in [6, 6.07) is 6.74. The minimum atomic E-state index is -0.432. The fourth-order valence-electron chi connectivity index (χ4n) is 2.62. The van der Waals surface area contributed by atoms with Crippen LogP contribution in [0.25, 0.3) is 0 Å². The Bertz CT molecular complexity index is 481. The number of hydrogen-bond donors (Lipinski definition) is 0. The van der Waals surface area contributed by atoms with E-state index in [1.165, 1.54) is 6.07 Å². The van der Waals surface area contributed by atoms with Gasteiger partial charge in [0.2, 0.25) is 5.91 Å². The molecule has 1 amide bonds. The average Bonchev–Trinajstić information content (AvgIpc) is 2.92. The van der Waals surface area contributed by atoms with Gasteiger partial charge in [0.15, 0.2) is 0 Å². The standard InChI is InChI=1S/C14H18N2O3/c1-15(12-7-3-4-8-12)14(17)10-11-6-2-5-9-13(11)16(18)19/h2,5-6,9,12H,3-4,7-8,10H2,1H3. The largest absolute Gasteiger partial charge is 0.342 e. The highest BCUT2D eigenvalue weighted by Crippen LogP contribution is 2.24. The minimum Gasteiger partial charge on any atom is -0.342 e. The number of nitro benzene ring substituents is 1. The summed E-state index contributed by atoms with van der Waals surface area (Å²) in [4.78, 5) is 24.4. The SMILES string of the molecule is CN(C(=O)Cc1ccccc1[N+](=O)[O-])C1CCCC1. The topological polar surface area (TPSA) is 63.5 Å². The molecule has 1 aromatic rings. The maximum Gasteiger partial charge on any atom is 0.273 e. The van der Waals surface area contributed by atoms with E-state index in [1.807, 2.05) is 0 Å². The van der Waals surface area contributed by atoms with E-state index in [-0.39, 0.29) is 18.0 Å². The summed E-state index contributed by atoms with van der Waals surface area (Å²) in [7, 11) is 1.80. The van der Waals surface area contributed by atoms with Crippen LogP contribution in [-0.2, 0) is 11.2 Å². The van der Waals surface area contributed by atoms with Crippen LogP contribution in [0.2, 0.25) is 0 Å². The van der Waals surface area contributed by atoms with Gasteiger partial charge in [-0.3, -0.25) is 14.9 Å². The number of likely N-dealkylation sites (N-methyl/N-ethyl adjacent to an activating group) is 1. The lowest BCUT2D eigenvalue weighted by molar-refractivity contribution is -0.385. The van der Waals surface area contributed by atoms with Crippen molar-refractivity contribution in [2.24, 2.45) is 0 Å². The molecule has 0 atom stereocenters. The van der Waals surface area contributed by atoms with Crippen molar-refractivity contribution in [3.05, 3.63) is 39.9 Å². The number of rotatable bonds is 4. The quantitative estimate of drug-likeness (QED) is 0.618. The molecule has 0 N–H and O–H groups in total. The summed E-state index contributed by atoms with van der Waals surface area (Å²) in [6.45, 7) is 0. The molecule has 5 nitrogen and oxygen atoms in total. The monoisotopic (exact) mass is 262 g/mol. The lowest BCUT2D eigenvalue weighted by Crippen LogP contribution is -2.36. The molecule has 0 saturated heterocycles. The van der Waals surface area contributed by atoms with Gasteiger partial charge < -0.3 is 4.90 Å². The maximum atomic E-state index is 12.2. The van der Waals surface area contributed by atoms with Crippen molar-refractivity contribution in [2.75, 3.05) is 7.05 Å². The molecule has 0 radical (unpaired) electrons. The van der Waals surface area contributed by atoms with E-state index in [0.29, 0.717) is 11.6 Å². The van der Waals surface area contributed by atoms with Crippen LogP contribution in [-0.4, -0.2) is 28.8 Å². The molecule has 1 saturated carbocycles. The third kappa shape index (κ3) is 3.10. The molecule has 1 fully saturated rings. The van der Waals surface area contributed by atoms with Gasteiger partial charge in [-0.05, 0) is 12.8 Å². The smallest absolute Gasteiger partial charge is 0.273 e. The molecule has 0 heterocycles. The fourth-order valence-corrected chi connectivity index (χ4v) is 2.62. The van der Waals surface area contributed by atoms with Crippen LogP contribution < -0.4 is 0 Å². The maximum absolute atomic E-state index is 12.2. The number of para-hydroxylation sites is 1. The van der Waals surface area contributed by atoms with Crippen molar-refractivity contribution < 1.29 is 9.72 Å². The number of benzene rings is 1. The average molecular weight is 262 g/mol. The molecule has 0 aliphatic heterocycles. The fraction of sp³-hybridized carbons (Fsp3) is 0.500. The third-order valence-electron chi connectivity index (χ3n) is 3.80. The van der Waals surface area contributed by atoms with Crippen molar-refractivity contribution >= 4 is 11.6 Å². The van der Waals surface area contributed by atoms with Gasteiger partial charge in [0.25, 0.3) is 5.69 Å². The van der Waals surface area contributed by atoms with Crippen molar-refractivity contribution in [3.8, 4) is 0 Å². The molecule has 0 unspecified atom stereocenters. The van der Waals surface area contributed by atoms with Crippen LogP contribution in [0.15, 0.2) is 24.3 Å². The summed E-state index contributed by atoms with van der Waals surface area (Å²) in [5, 5.41) is 10.9. The van der Waals surface area contributed by atoms with Gasteiger partial charge in [0.05, 0.1) is 11.3 Å². The Labute approximate surface area is 112 Å². The van der Waals surface area contributed by atoms with Gasteiger partial charge in [-0.15, -0.1) is 0 Å². The Balaban J connectivity index is 2.08. The van der Waals surface area contributed by atoms with E-state index in [0.717, 1.165) is 25.7 Å². The first-order chi connectivity index (χ1) is 9.09. The highest BCUT2D eigenvalue weighted by molar-refractivity contribution is 5.80. The highest BCUT2D eigenvalue weighted by atomic mass is 16.6. The Morgan fingerprint density at radius 1 is 1.37 bits per heavy atom. The summed E-state index contributed by atoms with van der Waals surface area (Å²) >= 11 is 0. The zero-order valence-corrected chi connectivity index (χ0v) is 11.0. The second-order valence-corrected chi connectivity index (χ2v) is 5.01. The van der Waals surface area contributed by atoms with Crippen molar-refractivity contribution in [2.45, 2.75) is 38.1 Å². The first kappa shape index (κ1) is 13.5. The predicted molar refractivity (Wildman–Crippen MR) is 71.8 cm³/mol. The van der Waals surface area contributed by atoms with Gasteiger partial charge >= 0.3 is 0 Å². The van der Waals surface area contributed by atoms with E-state index < -0.39 is 4.92 Å². The summed E-state index contributed by atoms with van der Waals surface area (Å²) in [5.41, 5.74) is 0.512. The van der Waals surface area contributed by atoms with Gasteiger partial charge in [0, 0.05) is 24.7 Å². The van der Waals surface area contributed by atoms with Crippen LogP contribution >= 0.6 is 0 Å². The number of nitrogens with zero attached hydrogens (tertiary/aromatic N) is 2. The van der Waals surface area contributed by atoms with E-state index >= 15 is 0 Å². The second kappa shape index (κ2) is 5.82. The van der Waals surface area contributed by atoms with Crippen LogP contribution in [0.5, 0.6) is 0 Å². The van der Waals surface area contributed by atoms with Crippen LogP contribution in [0.3, 0.4) is 0 Å². The van der Waals surface area contributed by atoms with Crippen molar-refractivity contribution in [1.82, 2.24) is 4.90 Å². The zero-order chi connectivity index (χ0) is 13.8. The van der Waals surface area contributed by atoms with Gasteiger partial charge in [-0.2, -0.15) is 0 Å². The molecule has 19 heavy (non-hydrogen) atoms. The normalized spacial score (nSPS) is 15.4. The molecule has 2 rings (SSSR count). The van der Waals surface area contributed by atoms with Crippen LogP contribution in [0, 0.1) is 10.1 Å². The molecule has 0 aromatic heterocycles. The van der Waals surface area contributed by atoms with Crippen LogP contribution in [0.4, 0.5) is 5.69 Å². The van der Waals surface area contributed by atoms with Gasteiger partial charge in [0.1, 0.15) is 0 Å². The van der Waals surface area contributed by atoms with Gasteiger partial charge in [-0.25, -0.2) is 0 Å². The van der Waals surface area contributed by atoms with E-state index in [9.17, 15) is 14.9 Å². The first-order valence-corrected chi connectivity index (χ1v) is 6.57. The lowest BCUT2D eigenvalue weighted by Gasteiger charge is -2.24. The lowest BCUT2D eigenvalue weighted by atomic mass is 10.1. The molecule has 102 valence electrons. The molecule has 1 aromatic carbocycles. The Hall–Kier alpha value is -1.91. The van der Waals surface area contributed by atoms with Crippen molar-refractivity contribution in [3.63, 3.8) is 0 Å². The van der Waals surface area contributed by atoms with Crippen molar-refractivity contribution in [1.29, 1.82) is 0 Å². The Morgan fingerprint density at radius 3 is 2.63 bits per heavy atom. The number of hydrogen-bond acceptors (Lipinski definition) is 3. The molecular weight excluding hydrogens is 244 g/mol. The van der Waals surface area contributed by atoms with Gasteiger partial charge in [-0.1, -0.05) is 31.0 Å². The number of amides is 1. The molecule has 1 aliphatic rings. The number of carbonyl (C=O) groups is 1. The first-order valence-electron chi connectivity index (χ1n) is 6.57. The van der Waals surface area contributed by atoms with Crippen LogP contribution in [0.1, 0.15) is 31.2 Å². The molecule has 5 heteroatoms. The summed E-state index contributed by atoms with van der Waals surface area (Å²) in [5.74, 6) is -0.0406. The number of carbonyl (C=O) groups excluding carboxylic acids is 1. The van der Waals surface area contributed by atoms with E-state index in [2.05, 4.69) is 0 Å². The Morgan fingerprint density at radius 2 is 2.00 bits per heavy atom. The predicted octanol–water partition coefficient (Wildman–Crippen LogP) is 2.54. The summed E-state index contributed by atoms with van der Waals surface area (Å²) in [6.07, 6.45) is 4.50. The second-order valence-electron chi connectivity index (χ2n) is 5.01. The van der Waals surface area contributed by atoms with E-state index in [4.69, 9.17) is 0 Å². The highest BCUT2D eigenvalue weighted by Gasteiger charge is 2.25. The molecular formula is C14H18N2O3. The number of nitro groups is 1. The Kier molecular flexibility index (Phi) is 4.14. The molecule has 0 bridgehead atoms. The minimum absolute atomic E-state index is 0.0238.